The van der Waals surface area contributed by atoms with Crippen LogP contribution in [0.15, 0.2) is 41.0 Å². The van der Waals surface area contributed by atoms with Gasteiger partial charge in [-0.15, -0.1) is 0 Å². The first-order valence-electron chi connectivity index (χ1n) is 5.22. The highest BCUT2D eigenvalue weighted by molar-refractivity contribution is 6.29. The van der Waals surface area contributed by atoms with Gasteiger partial charge in [-0.05, 0) is 19.1 Å². The Labute approximate surface area is 103 Å². The third-order valence-corrected chi connectivity index (χ3v) is 2.74. The van der Waals surface area contributed by atoms with Gasteiger partial charge in [-0.3, -0.25) is 0 Å². The maximum Gasteiger partial charge on any atom is 0.164 e. The van der Waals surface area contributed by atoms with Crippen LogP contribution < -0.4 is 0 Å². The zero-order valence-electron chi connectivity index (χ0n) is 9.14. The highest BCUT2D eigenvalue weighted by Gasteiger charge is 2.11. The largest absolute Gasteiger partial charge is 0.464 e. The van der Waals surface area contributed by atoms with Crippen LogP contribution in [-0.2, 0) is 0 Å². The average Bonchev–Trinajstić information content (AvgIpc) is 2.71. The second-order valence-electron chi connectivity index (χ2n) is 3.80. The molecule has 0 aliphatic carbocycles. The molecular weight excluding hydrogens is 236 g/mol. The highest BCUT2D eigenvalue weighted by Crippen LogP contribution is 2.28. The Morgan fingerprint density at radius 3 is 2.82 bits per heavy atom. The van der Waals surface area contributed by atoms with Crippen molar-refractivity contribution in [3.05, 3.63) is 47.4 Å². The summed E-state index contributed by atoms with van der Waals surface area (Å²) in [6.45, 7) is 1.89. The summed E-state index contributed by atoms with van der Waals surface area (Å²) in [5, 5.41) is 1.44. The molecule has 84 valence electrons. The lowest BCUT2D eigenvalue weighted by molar-refractivity contribution is 0.616. The second-order valence-corrected chi connectivity index (χ2v) is 4.19. The summed E-state index contributed by atoms with van der Waals surface area (Å²) in [5.74, 6) is 0.597. The van der Waals surface area contributed by atoms with Crippen LogP contribution in [-0.4, -0.2) is 9.97 Å². The summed E-state index contributed by atoms with van der Waals surface area (Å²) in [5.41, 5.74) is 2.53. The van der Waals surface area contributed by atoms with Crippen molar-refractivity contribution in [2.75, 3.05) is 0 Å². The van der Waals surface area contributed by atoms with Gasteiger partial charge < -0.3 is 4.42 Å². The molecule has 0 unspecified atom stereocenters. The van der Waals surface area contributed by atoms with Gasteiger partial charge >= 0.3 is 0 Å². The summed E-state index contributed by atoms with van der Waals surface area (Å²) in [6.07, 6.45) is 1.66. The van der Waals surface area contributed by atoms with E-state index in [1.54, 1.807) is 12.3 Å². The van der Waals surface area contributed by atoms with Crippen molar-refractivity contribution >= 4 is 22.6 Å². The molecule has 0 saturated carbocycles. The highest BCUT2D eigenvalue weighted by atomic mass is 35.5. The van der Waals surface area contributed by atoms with Gasteiger partial charge in [0.25, 0.3) is 0 Å². The third-order valence-electron chi connectivity index (χ3n) is 2.54. The van der Waals surface area contributed by atoms with Gasteiger partial charge in [0.1, 0.15) is 17.0 Å². The van der Waals surface area contributed by atoms with Crippen LogP contribution in [0.2, 0.25) is 5.15 Å². The van der Waals surface area contributed by atoms with E-state index in [1.165, 1.54) is 0 Å². The number of para-hydroxylation sites is 1. The van der Waals surface area contributed by atoms with Crippen LogP contribution in [0.1, 0.15) is 5.69 Å². The Bertz CT molecular complexity index is 670. The maximum atomic E-state index is 5.94. The van der Waals surface area contributed by atoms with Crippen molar-refractivity contribution in [3.63, 3.8) is 0 Å². The van der Waals surface area contributed by atoms with Crippen LogP contribution >= 0.6 is 11.6 Å². The van der Waals surface area contributed by atoms with Gasteiger partial charge in [0.05, 0.1) is 5.56 Å². The van der Waals surface area contributed by atoms with Crippen molar-refractivity contribution in [1.82, 2.24) is 9.97 Å². The van der Waals surface area contributed by atoms with Crippen molar-refractivity contribution in [3.8, 4) is 11.4 Å². The molecule has 0 fully saturated rings. The smallest absolute Gasteiger partial charge is 0.164 e. The molecule has 4 heteroatoms. The molecule has 0 bridgehead atoms. The van der Waals surface area contributed by atoms with E-state index in [9.17, 15) is 0 Å². The Morgan fingerprint density at radius 1 is 1.18 bits per heavy atom. The maximum absolute atomic E-state index is 5.94. The van der Waals surface area contributed by atoms with Crippen LogP contribution in [0.4, 0.5) is 0 Å². The van der Waals surface area contributed by atoms with Crippen LogP contribution in [0.3, 0.4) is 0 Å². The summed E-state index contributed by atoms with van der Waals surface area (Å²) in [6, 6.07) is 9.51. The Kier molecular flexibility index (Phi) is 2.34. The van der Waals surface area contributed by atoms with Gasteiger partial charge in [-0.1, -0.05) is 29.8 Å². The number of aryl methyl sites for hydroxylation is 1. The first-order valence-corrected chi connectivity index (χ1v) is 5.59. The van der Waals surface area contributed by atoms with E-state index in [0.29, 0.717) is 11.0 Å². The molecular formula is C13H9ClN2O. The molecule has 3 aromatic rings. The van der Waals surface area contributed by atoms with E-state index in [1.807, 2.05) is 31.2 Å². The Hall–Kier alpha value is -1.87. The SMILES string of the molecule is Cc1cc(Cl)nc(-c2coc3ccccc23)n1. The molecule has 17 heavy (non-hydrogen) atoms. The van der Waals surface area contributed by atoms with E-state index in [0.717, 1.165) is 22.2 Å². The molecule has 0 atom stereocenters. The summed E-state index contributed by atoms with van der Waals surface area (Å²) < 4.78 is 5.46. The topological polar surface area (TPSA) is 38.9 Å². The summed E-state index contributed by atoms with van der Waals surface area (Å²) >= 11 is 5.94. The molecule has 0 saturated heterocycles. The number of nitrogens with zero attached hydrogens (tertiary/aromatic N) is 2. The van der Waals surface area contributed by atoms with E-state index >= 15 is 0 Å². The third kappa shape index (κ3) is 1.78. The van der Waals surface area contributed by atoms with Gasteiger partial charge in [-0.25, -0.2) is 9.97 Å². The predicted octanol–water partition coefficient (Wildman–Crippen LogP) is 3.85. The molecule has 0 N–H and O–H groups in total. The standard InChI is InChI=1S/C13H9ClN2O/c1-8-6-12(14)16-13(15-8)10-7-17-11-5-3-2-4-9(10)11/h2-7H,1H3. The van der Waals surface area contributed by atoms with Gasteiger partial charge in [0.2, 0.25) is 0 Å². The Morgan fingerprint density at radius 2 is 2.00 bits per heavy atom. The molecule has 1 aromatic carbocycles. The molecule has 3 rings (SSSR count). The normalized spacial score (nSPS) is 10.9. The Balaban J connectivity index is 2.27. The number of rotatable bonds is 1. The number of hydrogen-bond acceptors (Lipinski definition) is 3. The number of hydrogen-bond donors (Lipinski definition) is 0. The van der Waals surface area contributed by atoms with E-state index in [2.05, 4.69) is 9.97 Å². The molecule has 0 amide bonds. The second kappa shape index (κ2) is 3.86. The number of benzene rings is 1. The zero-order chi connectivity index (χ0) is 11.8. The van der Waals surface area contributed by atoms with Crippen molar-refractivity contribution in [2.45, 2.75) is 6.92 Å². The fourth-order valence-corrected chi connectivity index (χ4v) is 2.04. The lowest BCUT2D eigenvalue weighted by atomic mass is 10.1. The number of fused-ring (bicyclic) bond motifs is 1. The van der Waals surface area contributed by atoms with Gasteiger partial charge in [-0.2, -0.15) is 0 Å². The zero-order valence-corrected chi connectivity index (χ0v) is 9.90. The molecule has 0 aliphatic heterocycles. The summed E-state index contributed by atoms with van der Waals surface area (Å²) in [4.78, 5) is 8.59. The minimum atomic E-state index is 0.442. The van der Waals surface area contributed by atoms with Gasteiger partial charge in [0.15, 0.2) is 5.82 Å². The molecule has 2 heterocycles. The van der Waals surface area contributed by atoms with Crippen molar-refractivity contribution in [2.24, 2.45) is 0 Å². The summed E-state index contributed by atoms with van der Waals surface area (Å²) in [7, 11) is 0. The average molecular weight is 245 g/mol. The number of aromatic nitrogens is 2. The molecule has 0 radical (unpaired) electrons. The number of furan rings is 1. The van der Waals surface area contributed by atoms with Crippen molar-refractivity contribution < 1.29 is 4.42 Å². The van der Waals surface area contributed by atoms with Crippen LogP contribution in [0, 0.1) is 6.92 Å². The molecule has 2 aromatic heterocycles. The fraction of sp³-hybridized carbons (Fsp3) is 0.0769. The first-order chi connectivity index (χ1) is 8.24. The number of halogens is 1. The predicted molar refractivity (Wildman–Crippen MR) is 67.0 cm³/mol. The quantitative estimate of drug-likeness (QED) is 0.611. The van der Waals surface area contributed by atoms with E-state index < -0.39 is 0 Å². The fourth-order valence-electron chi connectivity index (χ4n) is 1.80. The van der Waals surface area contributed by atoms with Crippen LogP contribution in [0.5, 0.6) is 0 Å². The van der Waals surface area contributed by atoms with E-state index in [4.69, 9.17) is 16.0 Å². The minimum Gasteiger partial charge on any atom is -0.464 e. The monoisotopic (exact) mass is 244 g/mol. The van der Waals surface area contributed by atoms with Crippen molar-refractivity contribution in [1.29, 1.82) is 0 Å². The molecule has 3 nitrogen and oxygen atoms in total. The first kappa shape index (κ1) is 10.3. The molecule has 0 spiro atoms. The lowest BCUT2D eigenvalue weighted by Crippen LogP contribution is -1.91. The minimum absolute atomic E-state index is 0.442. The van der Waals surface area contributed by atoms with Crippen LogP contribution in [0.25, 0.3) is 22.4 Å². The lowest BCUT2D eigenvalue weighted by Gasteiger charge is -1.99. The van der Waals surface area contributed by atoms with E-state index in [-0.39, 0.29) is 0 Å². The molecule has 0 aliphatic rings. The van der Waals surface area contributed by atoms with Gasteiger partial charge in [0, 0.05) is 11.1 Å².